The minimum atomic E-state index is 0.457. The van der Waals surface area contributed by atoms with E-state index in [4.69, 9.17) is 4.74 Å². The molecule has 0 saturated carbocycles. The molecule has 106 valence electrons. The molecule has 0 atom stereocenters. The van der Waals surface area contributed by atoms with Crippen LogP contribution in [-0.4, -0.2) is 63.9 Å². The lowest BCUT2D eigenvalue weighted by molar-refractivity contribution is 0.0240. The molecule has 0 unspecified atom stereocenters. The monoisotopic (exact) mass is 255 g/mol. The molecule has 2 rings (SSSR count). The van der Waals surface area contributed by atoms with Crippen molar-refractivity contribution in [1.29, 1.82) is 0 Å². The maximum atomic E-state index is 5.44. The quantitative estimate of drug-likeness (QED) is 0.709. The summed E-state index contributed by atoms with van der Waals surface area (Å²) in [6, 6.07) is 0. The summed E-state index contributed by atoms with van der Waals surface area (Å²) in [6.07, 6.45) is 3.69. The lowest BCUT2D eigenvalue weighted by atomic mass is 9.82. The summed E-state index contributed by atoms with van der Waals surface area (Å²) >= 11 is 0. The third kappa shape index (κ3) is 4.84. The van der Waals surface area contributed by atoms with Crippen molar-refractivity contribution >= 4 is 0 Å². The SMILES string of the molecule is CC1(CNCCN2CCCNCC2)CCOCC1. The Morgan fingerprint density at radius 2 is 2.06 bits per heavy atom. The van der Waals surface area contributed by atoms with E-state index in [-0.39, 0.29) is 0 Å². The van der Waals surface area contributed by atoms with Gasteiger partial charge in [0.1, 0.15) is 0 Å². The minimum Gasteiger partial charge on any atom is -0.381 e. The first-order chi connectivity index (χ1) is 8.79. The molecule has 4 nitrogen and oxygen atoms in total. The van der Waals surface area contributed by atoms with E-state index in [0.717, 1.165) is 32.8 Å². The Morgan fingerprint density at radius 3 is 2.89 bits per heavy atom. The van der Waals surface area contributed by atoms with Gasteiger partial charge in [-0.25, -0.2) is 0 Å². The fourth-order valence-corrected chi connectivity index (χ4v) is 2.79. The van der Waals surface area contributed by atoms with E-state index in [1.807, 2.05) is 0 Å². The van der Waals surface area contributed by atoms with Crippen LogP contribution < -0.4 is 10.6 Å². The van der Waals surface area contributed by atoms with Gasteiger partial charge in [-0.05, 0) is 37.8 Å². The Kier molecular flexibility index (Phi) is 5.89. The minimum absolute atomic E-state index is 0.457. The van der Waals surface area contributed by atoms with Crippen LogP contribution in [0.5, 0.6) is 0 Å². The van der Waals surface area contributed by atoms with Crippen molar-refractivity contribution in [3.05, 3.63) is 0 Å². The zero-order valence-electron chi connectivity index (χ0n) is 11.8. The average Bonchev–Trinajstić information content (AvgIpc) is 2.64. The average molecular weight is 255 g/mol. The van der Waals surface area contributed by atoms with Crippen LogP contribution in [0.15, 0.2) is 0 Å². The number of nitrogens with zero attached hydrogens (tertiary/aromatic N) is 1. The van der Waals surface area contributed by atoms with Gasteiger partial charge in [-0.1, -0.05) is 6.92 Å². The second-order valence-electron chi connectivity index (χ2n) is 6.05. The summed E-state index contributed by atoms with van der Waals surface area (Å²) in [4.78, 5) is 2.57. The number of nitrogens with one attached hydrogen (secondary N) is 2. The summed E-state index contributed by atoms with van der Waals surface area (Å²) in [5.74, 6) is 0. The van der Waals surface area contributed by atoms with Crippen molar-refractivity contribution in [1.82, 2.24) is 15.5 Å². The Morgan fingerprint density at radius 1 is 1.22 bits per heavy atom. The molecule has 0 amide bonds. The summed E-state index contributed by atoms with van der Waals surface area (Å²) in [7, 11) is 0. The molecule has 2 saturated heterocycles. The first-order valence-corrected chi connectivity index (χ1v) is 7.50. The molecule has 0 spiro atoms. The number of ether oxygens (including phenoxy) is 1. The fourth-order valence-electron chi connectivity index (χ4n) is 2.79. The van der Waals surface area contributed by atoms with Crippen LogP contribution in [-0.2, 0) is 4.74 Å². The highest BCUT2D eigenvalue weighted by Gasteiger charge is 2.26. The molecule has 0 aromatic rings. The van der Waals surface area contributed by atoms with E-state index < -0.39 is 0 Å². The third-order valence-corrected chi connectivity index (χ3v) is 4.29. The summed E-state index contributed by atoms with van der Waals surface area (Å²) < 4.78 is 5.44. The maximum absolute atomic E-state index is 5.44. The molecule has 2 aliphatic heterocycles. The maximum Gasteiger partial charge on any atom is 0.0471 e. The molecular formula is C14H29N3O. The van der Waals surface area contributed by atoms with Crippen molar-refractivity contribution in [2.24, 2.45) is 5.41 Å². The third-order valence-electron chi connectivity index (χ3n) is 4.29. The molecule has 0 aliphatic carbocycles. The normalized spacial score (nSPS) is 25.8. The van der Waals surface area contributed by atoms with Gasteiger partial charge >= 0.3 is 0 Å². The number of hydrogen-bond acceptors (Lipinski definition) is 4. The highest BCUT2D eigenvalue weighted by Crippen LogP contribution is 2.28. The highest BCUT2D eigenvalue weighted by atomic mass is 16.5. The fraction of sp³-hybridized carbons (Fsp3) is 1.00. The smallest absolute Gasteiger partial charge is 0.0471 e. The zero-order valence-corrected chi connectivity index (χ0v) is 11.8. The van der Waals surface area contributed by atoms with Gasteiger partial charge in [-0.2, -0.15) is 0 Å². The molecular weight excluding hydrogens is 226 g/mol. The molecule has 2 heterocycles. The van der Waals surface area contributed by atoms with Gasteiger partial charge in [-0.15, -0.1) is 0 Å². The molecule has 0 bridgehead atoms. The Bertz CT molecular complexity index is 221. The second kappa shape index (κ2) is 7.43. The predicted octanol–water partition coefficient (Wildman–Crippen LogP) is 0.688. The lowest BCUT2D eigenvalue weighted by Crippen LogP contribution is -2.40. The van der Waals surface area contributed by atoms with Gasteiger partial charge in [0.25, 0.3) is 0 Å². The van der Waals surface area contributed by atoms with Gasteiger partial charge in [-0.3, -0.25) is 0 Å². The van der Waals surface area contributed by atoms with Gasteiger partial charge in [0.05, 0.1) is 0 Å². The van der Waals surface area contributed by atoms with Gasteiger partial charge < -0.3 is 20.3 Å². The number of rotatable bonds is 5. The van der Waals surface area contributed by atoms with E-state index in [1.54, 1.807) is 0 Å². The van der Waals surface area contributed by atoms with Crippen LogP contribution in [0, 0.1) is 5.41 Å². The summed E-state index contributed by atoms with van der Waals surface area (Å²) in [5, 5.41) is 7.10. The van der Waals surface area contributed by atoms with E-state index in [0.29, 0.717) is 5.41 Å². The predicted molar refractivity (Wildman–Crippen MR) is 75.0 cm³/mol. The van der Waals surface area contributed by atoms with Crippen molar-refractivity contribution < 1.29 is 4.74 Å². The Hall–Kier alpha value is -0.160. The zero-order chi connectivity index (χ0) is 12.7. The molecule has 4 heteroatoms. The van der Waals surface area contributed by atoms with Crippen LogP contribution in [0.2, 0.25) is 0 Å². The largest absolute Gasteiger partial charge is 0.381 e. The number of hydrogen-bond donors (Lipinski definition) is 2. The Labute approximate surface area is 111 Å². The van der Waals surface area contributed by atoms with Crippen LogP contribution in [0.3, 0.4) is 0 Å². The van der Waals surface area contributed by atoms with E-state index >= 15 is 0 Å². The van der Waals surface area contributed by atoms with Gasteiger partial charge in [0.2, 0.25) is 0 Å². The Balaban J connectivity index is 1.57. The van der Waals surface area contributed by atoms with Crippen molar-refractivity contribution in [3.63, 3.8) is 0 Å². The molecule has 2 fully saturated rings. The van der Waals surface area contributed by atoms with Crippen LogP contribution in [0.1, 0.15) is 26.2 Å². The van der Waals surface area contributed by atoms with Gasteiger partial charge in [0.15, 0.2) is 0 Å². The summed E-state index contributed by atoms with van der Waals surface area (Å²) in [5.41, 5.74) is 0.457. The molecule has 2 aliphatic rings. The molecule has 18 heavy (non-hydrogen) atoms. The van der Waals surface area contributed by atoms with E-state index in [2.05, 4.69) is 22.5 Å². The lowest BCUT2D eigenvalue weighted by Gasteiger charge is -2.34. The van der Waals surface area contributed by atoms with Gasteiger partial charge in [0, 0.05) is 45.9 Å². The van der Waals surface area contributed by atoms with Crippen molar-refractivity contribution in [2.45, 2.75) is 26.2 Å². The summed E-state index contributed by atoms with van der Waals surface area (Å²) in [6.45, 7) is 12.5. The first kappa shape index (κ1) is 14.3. The molecule has 2 N–H and O–H groups in total. The second-order valence-corrected chi connectivity index (χ2v) is 6.05. The van der Waals surface area contributed by atoms with E-state index in [1.165, 1.54) is 45.4 Å². The first-order valence-electron chi connectivity index (χ1n) is 7.50. The van der Waals surface area contributed by atoms with Crippen LogP contribution >= 0.6 is 0 Å². The van der Waals surface area contributed by atoms with E-state index in [9.17, 15) is 0 Å². The van der Waals surface area contributed by atoms with Crippen LogP contribution in [0.25, 0.3) is 0 Å². The topological polar surface area (TPSA) is 36.5 Å². The van der Waals surface area contributed by atoms with Crippen molar-refractivity contribution in [2.75, 3.05) is 59.0 Å². The molecule has 0 radical (unpaired) electrons. The molecule has 0 aromatic carbocycles. The molecule has 0 aromatic heterocycles. The highest BCUT2D eigenvalue weighted by molar-refractivity contribution is 4.79. The van der Waals surface area contributed by atoms with Crippen molar-refractivity contribution in [3.8, 4) is 0 Å². The van der Waals surface area contributed by atoms with Crippen LogP contribution in [0.4, 0.5) is 0 Å². The standard InChI is InChI=1S/C14H29N3O/c1-14(3-11-18-12-4-14)13-16-7-10-17-8-2-5-15-6-9-17/h15-16H,2-13H2,1H3.